The summed E-state index contributed by atoms with van der Waals surface area (Å²) in [5.41, 5.74) is 3.94. The Kier molecular flexibility index (Phi) is 7.78. The molecule has 156 valence electrons. The molecule has 0 heterocycles. The number of nitriles is 1. The summed E-state index contributed by atoms with van der Waals surface area (Å²) in [6.45, 7) is 1.31. The van der Waals surface area contributed by atoms with Crippen LogP contribution in [0.3, 0.4) is 0 Å². The SMILES string of the molecule is N#Cc1cccc(C(=O)NCc2cccc(CNC(=O)NCCc3ccccc3)c2)c1. The maximum Gasteiger partial charge on any atom is 0.315 e. The Hall–Kier alpha value is -4.11. The number of hydrogen-bond donors (Lipinski definition) is 3. The molecule has 6 nitrogen and oxygen atoms in total. The molecule has 0 radical (unpaired) electrons. The van der Waals surface area contributed by atoms with Crippen molar-refractivity contribution in [3.63, 3.8) is 0 Å². The van der Waals surface area contributed by atoms with Crippen LogP contribution < -0.4 is 16.0 Å². The Balaban J connectivity index is 1.43. The van der Waals surface area contributed by atoms with E-state index in [2.05, 4.69) is 16.0 Å². The highest BCUT2D eigenvalue weighted by molar-refractivity contribution is 5.94. The summed E-state index contributed by atoms with van der Waals surface area (Å²) in [7, 11) is 0. The topological polar surface area (TPSA) is 94.0 Å². The van der Waals surface area contributed by atoms with Crippen molar-refractivity contribution in [2.24, 2.45) is 0 Å². The van der Waals surface area contributed by atoms with Crippen LogP contribution in [0.5, 0.6) is 0 Å². The molecule has 3 amide bonds. The maximum atomic E-state index is 12.3. The van der Waals surface area contributed by atoms with E-state index in [0.29, 0.717) is 30.8 Å². The van der Waals surface area contributed by atoms with Crippen molar-refractivity contribution < 1.29 is 9.59 Å². The van der Waals surface area contributed by atoms with Gasteiger partial charge in [0.05, 0.1) is 11.6 Å². The second-order valence-electron chi connectivity index (χ2n) is 7.04. The standard InChI is InChI=1S/C25H24N4O2/c26-16-20-8-5-11-23(15-20)24(30)28-17-21-9-4-10-22(14-21)18-29-25(31)27-13-12-19-6-2-1-3-7-19/h1-11,14-15H,12-13,17-18H2,(H,28,30)(H2,27,29,31). The van der Waals surface area contributed by atoms with Crippen molar-refractivity contribution in [3.8, 4) is 6.07 Å². The van der Waals surface area contributed by atoms with Crippen molar-refractivity contribution in [2.45, 2.75) is 19.5 Å². The number of nitrogens with zero attached hydrogens (tertiary/aromatic N) is 1. The number of carbonyl (C=O) groups is 2. The van der Waals surface area contributed by atoms with E-state index in [1.54, 1.807) is 24.3 Å². The van der Waals surface area contributed by atoms with Crippen LogP contribution >= 0.6 is 0 Å². The Labute approximate surface area is 181 Å². The summed E-state index contributed by atoms with van der Waals surface area (Å²) in [5.74, 6) is -0.238. The summed E-state index contributed by atoms with van der Waals surface area (Å²) in [6.07, 6.45) is 0.778. The molecular weight excluding hydrogens is 388 g/mol. The number of hydrogen-bond acceptors (Lipinski definition) is 3. The molecule has 0 saturated heterocycles. The van der Waals surface area contributed by atoms with Crippen LogP contribution in [-0.2, 0) is 19.5 Å². The molecule has 31 heavy (non-hydrogen) atoms. The summed E-state index contributed by atoms with van der Waals surface area (Å²) in [5, 5.41) is 17.5. The number of rotatable bonds is 8. The fourth-order valence-corrected chi connectivity index (χ4v) is 3.07. The van der Waals surface area contributed by atoms with Gasteiger partial charge in [0.2, 0.25) is 0 Å². The quantitative estimate of drug-likeness (QED) is 0.528. The van der Waals surface area contributed by atoms with Gasteiger partial charge in [0.1, 0.15) is 0 Å². The van der Waals surface area contributed by atoms with E-state index in [0.717, 1.165) is 17.5 Å². The molecule has 0 aliphatic rings. The van der Waals surface area contributed by atoms with Gasteiger partial charge in [0, 0.05) is 25.2 Å². The summed E-state index contributed by atoms with van der Waals surface area (Å²) in [4.78, 5) is 24.3. The molecule has 0 bridgehead atoms. The number of carbonyl (C=O) groups excluding carboxylic acids is 2. The van der Waals surface area contributed by atoms with E-state index in [4.69, 9.17) is 5.26 Å². The largest absolute Gasteiger partial charge is 0.348 e. The van der Waals surface area contributed by atoms with Crippen LogP contribution in [-0.4, -0.2) is 18.5 Å². The number of amides is 3. The zero-order valence-electron chi connectivity index (χ0n) is 17.1. The van der Waals surface area contributed by atoms with E-state index >= 15 is 0 Å². The van der Waals surface area contributed by atoms with Gasteiger partial charge < -0.3 is 16.0 Å². The normalized spacial score (nSPS) is 10.0. The van der Waals surface area contributed by atoms with Gasteiger partial charge in [-0.3, -0.25) is 4.79 Å². The summed E-state index contributed by atoms with van der Waals surface area (Å²) < 4.78 is 0. The number of benzene rings is 3. The first-order valence-corrected chi connectivity index (χ1v) is 10.1. The highest BCUT2D eigenvalue weighted by Gasteiger charge is 2.07. The molecule has 0 spiro atoms. The van der Waals surface area contributed by atoms with Gasteiger partial charge in [0.15, 0.2) is 0 Å². The lowest BCUT2D eigenvalue weighted by Crippen LogP contribution is -2.36. The molecule has 0 aromatic heterocycles. The van der Waals surface area contributed by atoms with E-state index < -0.39 is 0 Å². The predicted octanol–water partition coefficient (Wildman–Crippen LogP) is 3.53. The van der Waals surface area contributed by atoms with Crippen LogP contribution in [0.15, 0.2) is 78.9 Å². The van der Waals surface area contributed by atoms with Gasteiger partial charge in [-0.05, 0) is 41.3 Å². The minimum atomic E-state index is -0.238. The number of nitrogens with one attached hydrogen (secondary N) is 3. The van der Waals surface area contributed by atoms with Crippen molar-refractivity contribution in [2.75, 3.05) is 6.54 Å². The molecule has 3 rings (SSSR count). The second kappa shape index (κ2) is 11.2. The van der Waals surface area contributed by atoms with Crippen molar-refractivity contribution in [1.82, 2.24) is 16.0 Å². The average Bonchev–Trinajstić information content (AvgIpc) is 2.82. The molecule has 0 fully saturated rings. The first-order chi connectivity index (χ1) is 15.1. The summed E-state index contributed by atoms with van der Waals surface area (Å²) in [6, 6.07) is 26.0. The van der Waals surface area contributed by atoms with Crippen LogP contribution in [0.25, 0.3) is 0 Å². The minimum absolute atomic E-state index is 0.216. The van der Waals surface area contributed by atoms with Crippen LogP contribution in [0.2, 0.25) is 0 Å². The molecular formula is C25H24N4O2. The van der Waals surface area contributed by atoms with Gasteiger partial charge in [-0.1, -0.05) is 60.7 Å². The highest BCUT2D eigenvalue weighted by Crippen LogP contribution is 2.07. The van der Waals surface area contributed by atoms with Crippen LogP contribution in [0.1, 0.15) is 32.6 Å². The molecule has 0 aliphatic carbocycles. The zero-order chi connectivity index (χ0) is 21.9. The summed E-state index contributed by atoms with van der Waals surface area (Å²) >= 11 is 0. The second-order valence-corrected chi connectivity index (χ2v) is 7.04. The predicted molar refractivity (Wildman–Crippen MR) is 119 cm³/mol. The Morgan fingerprint density at radius 3 is 2.16 bits per heavy atom. The van der Waals surface area contributed by atoms with Crippen molar-refractivity contribution >= 4 is 11.9 Å². The van der Waals surface area contributed by atoms with Crippen LogP contribution in [0.4, 0.5) is 4.79 Å². The zero-order valence-corrected chi connectivity index (χ0v) is 17.1. The third-order valence-electron chi connectivity index (χ3n) is 4.69. The minimum Gasteiger partial charge on any atom is -0.348 e. The van der Waals surface area contributed by atoms with Gasteiger partial charge in [-0.25, -0.2) is 4.79 Å². The third kappa shape index (κ3) is 7.02. The molecule has 3 N–H and O–H groups in total. The molecule has 0 atom stereocenters. The first-order valence-electron chi connectivity index (χ1n) is 10.1. The highest BCUT2D eigenvalue weighted by atomic mass is 16.2. The van der Waals surface area contributed by atoms with E-state index in [1.165, 1.54) is 5.56 Å². The van der Waals surface area contributed by atoms with Gasteiger partial charge in [-0.2, -0.15) is 5.26 Å². The lowest BCUT2D eigenvalue weighted by molar-refractivity contribution is 0.0951. The van der Waals surface area contributed by atoms with E-state index in [1.807, 2.05) is 60.7 Å². The Morgan fingerprint density at radius 1 is 0.742 bits per heavy atom. The fraction of sp³-hybridized carbons (Fsp3) is 0.160. The average molecular weight is 412 g/mol. The maximum absolute atomic E-state index is 12.3. The van der Waals surface area contributed by atoms with Crippen LogP contribution in [0, 0.1) is 11.3 Å². The van der Waals surface area contributed by atoms with Gasteiger partial charge in [-0.15, -0.1) is 0 Å². The van der Waals surface area contributed by atoms with Gasteiger partial charge in [0.25, 0.3) is 5.91 Å². The molecule has 0 saturated carbocycles. The Bertz CT molecular complexity index is 1070. The van der Waals surface area contributed by atoms with Crippen molar-refractivity contribution in [1.29, 1.82) is 5.26 Å². The lowest BCUT2D eigenvalue weighted by Gasteiger charge is -2.10. The first kappa shape index (κ1) is 21.6. The molecule has 3 aromatic rings. The molecule has 0 aliphatic heterocycles. The van der Waals surface area contributed by atoms with E-state index in [-0.39, 0.29) is 11.9 Å². The molecule has 0 unspecified atom stereocenters. The fourth-order valence-electron chi connectivity index (χ4n) is 3.07. The third-order valence-corrected chi connectivity index (χ3v) is 4.69. The number of urea groups is 1. The van der Waals surface area contributed by atoms with E-state index in [9.17, 15) is 9.59 Å². The monoisotopic (exact) mass is 412 g/mol. The lowest BCUT2D eigenvalue weighted by atomic mass is 10.1. The Morgan fingerprint density at radius 2 is 1.42 bits per heavy atom. The van der Waals surface area contributed by atoms with Crippen molar-refractivity contribution in [3.05, 3.63) is 107 Å². The molecule has 6 heteroatoms. The molecule has 3 aromatic carbocycles. The van der Waals surface area contributed by atoms with Gasteiger partial charge >= 0.3 is 6.03 Å². The smallest absolute Gasteiger partial charge is 0.315 e.